The molecule has 3 heterocycles. The Morgan fingerprint density at radius 3 is 2.60 bits per heavy atom. The van der Waals surface area contributed by atoms with Gasteiger partial charge in [-0.25, -0.2) is 4.98 Å². The summed E-state index contributed by atoms with van der Waals surface area (Å²) in [5, 5.41) is 0. The number of aryl methyl sites for hydroxylation is 1. The number of alkyl halides is 3. The van der Waals surface area contributed by atoms with Gasteiger partial charge in [0.15, 0.2) is 0 Å². The summed E-state index contributed by atoms with van der Waals surface area (Å²) in [6, 6.07) is 8.58. The summed E-state index contributed by atoms with van der Waals surface area (Å²) in [6.07, 6.45) is -3.74. The predicted octanol–water partition coefficient (Wildman–Crippen LogP) is 3.40. The van der Waals surface area contributed by atoms with Gasteiger partial charge in [0.25, 0.3) is 0 Å². The lowest BCUT2D eigenvalue weighted by Crippen LogP contribution is -2.35. The molecule has 1 aliphatic heterocycles. The van der Waals surface area contributed by atoms with Crippen molar-refractivity contribution in [3.05, 3.63) is 53.5 Å². The number of carbonyl (C=O) groups is 2. The zero-order valence-corrected chi connectivity index (χ0v) is 16.7. The Balaban J connectivity index is 1.67. The van der Waals surface area contributed by atoms with E-state index in [4.69, 9.17) is 0 Å². The first-order chi connectivity index (χ1) is 14.2. The first kappa shape index (κ1) is 21.7. The molecule has 0 radical (unpaired) electrons. The van der Waals surface area contributed by atoms with E-state index in [0.717, 1.165) is 0 Å². The van der Waals surface area contributed by atoms with Gasteiger partial charge >= 0.3 is 6.18 Å². The summed E-state index contributed by atoms with van der Waals surface area (Å²) in [7, 11) is 0. The van der Waals surface area contributed by atoms with Crippen LogP contribution in [0.5, 0.6) is 0 Å². The van der Waals surface area contributed by atoms with E-state index in [-0.39, 0.29) is 5.78 Å². The monoisotopic (exact) mass is 420 g/mol. The lowest BCUT2D eigenvalue weighted by molar-refractivity contribution is -0.149. The number of carbonyl (C=O) groups excluding carboxylic acids is 2. The molecule has 0 atom stereocenters. The topological polar surface area (TPSA) is 66.4 Å². The van der Waals surface area contributed by atoms with Gasteiger partial charge in [-0.1, -0.05) is 6.07 Å². The highest BCUT2D eigenvalue weighted by Crippen LogP contribution is 2.22. The molecule has 6 nitrogen and oxygen atoms in total. The average Bonchev–Trinajstić information content (AvgIpc) is 2.98. The molecule has 0 N–H and O–H groups in total. The Morgan fingerprint density at radius 1 is 1.07 bits per heavy atom. The second-order valence-corrected chi connectivity index (χ2v) is 7.18. The van der Waals surface area contributed by atoms with Crippen LogP contribution in [0, 0.1) is 6.92 Å². The number of aromatic nitrogens is 2. The second kappa shape index (κ2) is 9.23. The maximum atomic E-state index is 12.8. The van der Waals surface area contributed by atoms with Crippen LogP contribution in [0.3, 0.4) is 0 Å². The zero-order chi connectivity index (χ0) is 21.7. The number of amides is 1. The summed E-state index contributed by atoms with van der Waals surface area (Å²) in [6.45, 7) is 3.52. The van der Waals surface area contributed by atoms with Crippen LogP contribution in [-0.2, 0) is 4.79 Å². The van der Waals surface area contributed by atoms with Gasteiger partial charge in [-0.15, -0.1) is 0 Å². The molecule has 1 amide bonds. The van der Waals surface area contributed by atoms with E-state index in [0.29, 0.717) is 55.4 Å². The number of nitrogens with zero attached hydrogens (tertiary/aromatic N) is 4. The quantitative estimate of drug-likeness (QED) is 0.694. The molecular weight excluding hydrogens is 397 g/mol. The molecule has 1 aliphatic rings. The first-order valence-corrected chi connectivity index (χ1v) is 9.77. The normalized spacial score (nSPS) is 15.1. The van der Waals surface area contributed by atoms with Crippen molar-refractivity contribution < 1.29 is 22.8 Å². The fourth-order valence-corrected chi connectivity index (χ4v) is 3.39. The van der Waals surface area contributed by atoms with Gasteiger partial charge in [-0.2, -0.15) is 13.2 Å². The highest BCUT2D eigenvalue weighted by Gasteiger charge is 2.29. The molecule has 9 heteroatoms. The number of hydrogen-bond donors (Lipinski definition) is 0. The SMILES string of the molecule is Cc1ncccc1C(=O)c1cccc(N2CCCN(C(=O)CCC(F)(F)F)CC2)n1. The van der Waals surface area contributed by atoms with E-state index < -0.39 is 24.9 Å². The van der Waals surface area contributed by atoms with Crippen molar-refractivity contribution >= 4 is 17.5 Å². The molecule has 0 aliphatic carbocycles. The third-order valence-corrected chi connectivity index (χ3v) is 5.01. The summed E-state index contributed by atoms with van der Waals surface area (Å²) in [5.41, 5.74) is 1.41. The van der Waals surface area contributed by atoms with Gasteiger partial charge in [0, 0.05) is 50.1 Å². The Labute approximate surface area is 172 Å². The van der Waals surface area contributed by atoms with Crippen molar-refractivity contribution in [2.24, 2.45) is 0 Å². The minimum absolute atomic E-state index is 0.221. The van der Waals surface area contributed by atoms with Gasteiger partial charge in [-0.05, 0) is 37.6 Å². The molecule has 160 valence electrons. The summed E-state index contributed by atoms with van der Waals surface area (Å²) < 4.78 is 37.1. The molecule has 2 aromatic heterocycles. The fraction of sp³-hybridized carbons (Fsp3) is 0.429. The molecular formula is C21H23F3N4O2. The summed E-state index contributed by atoms with van der Waals surface area (Å²) >= 11 is 0. The maximum Gasteiger partial charge on any atom is 0.389 e. The highest BCUT2D eigenvalue weighted by molar-refractivity contribution is 6.08. The van der Waals surface area contributed by atoms with Crippen molar-refractivity contribution in [2.45, 2.75) is 32.4 Å². The number of pyridine rings is 2. The Hall–Kier alpha value is -2.97. The van der Waals surface area contributed by atoms with E-state index in [2.05, 4.69) is 9.97 Å². The summed E-state index contributed by atoms with van der Waals surface area (Å²) in [5.74, 6) is -0.105. The molecule has 0 saturated carbocycles. The lowest BCUT2D eigenvalue weighted by Gasteiger charge is -2.23. The largest absolute Gasteiger partial charge is 0.389 e. The average molecular weight is 420 g/mol. The molecule has 0 spiro atoms. The van der Waals surface area contributed by atoms with Crippen LogP contribution in [-0.4, -0.2) is 58.9 Å². The molecule has 1 fully saturated rings. The minimum atomic E-state index is -4.34. The predicted molar refractivity (Wildman–Crippen MR) is 105 cm³/mol. The van der Waals surface area contributed by atoms with Crippen LogP contribution in [0.25, 0.3) is 0 Å². The van der Waals surface area contributed by atoms with Crippen LogP contribution in [0.1, 0.15) is 41.0 Å². The smallest absolute Gasteiger partial charge is 0.355 e. The van der Waals surface area contributed by atoms with Crippen molar-refractivity contribution in [1.82, 2.24) is 14.9 Å². The molecule has 0 bridgehead atoms. The summed E-state index contributed by atoms with van der Waals surface area (Å²) in [4.78, 5) is 37.0. The van der Waals surface area contributed by atoms with Crippen LogP contribution < -0.4 is 4.90 Å². The number of rotatable bonds is 5. The van der Waals surface area contributed by atoms with E-state index in [1.807, 2.05) is 4.90 Å². The van der Waals surface area contributed by atoms with Gasteiger partial charge in [0.05, 0.1) is 6.42 Å². The van der Waals surface area contributed by atoms with Crippen LogP contribution >= 0.6 is 0 Å². The van der Waals surface area contributed by atoms with Crippen LogP contribution in [0.4, 0.5) is 19.0 Å². The van der Waals surface area contributed by atoms with Crippen molar-refractivity contribution in [3.8, 4) is 0 Å². The second-order valence-electron chi connectivity index (χ2n) is 7.18. The van der Waals surface area contributed by atoms with Gasteiger partial charge in [0.1, 0.15) is 11.5 Å². The van der Waals surface area contributed by atoms with Gasteiger partial charge < -0.3 is 9.80 Å². The Morgan fingerprint density at radius 2 is 1.87 bits per heavy atom. The molecule has 0 aromatic carbocycles. The van der Waals surface area contributed by atoms with Crippen LogP contribution in [0.15, 0.2) is 36.5 Å². The highest BCUT2D eigenvalue weighted by atomic mass is 19.4. The Kier molecular flexibility index (Phi) is 6.69. The molecule has 0 unspecified atom stereocenters. The minimum Gasteiger partial charge on any atom is -0.355 e. The molecule has 1 saturated heterocycles. The number of anilines is 1. The number of ketones is 1. The third kappa shape index (κ3) is 5.55. The first-order valence-electron chi connectivity index (χ1n) is 9.77. The van der Waals surface area contributed by atoms with E-state index in [1.165, 1.54) is 4.90 Å². The van der Waals surface area contributed by atoms with E-state index in [9.17, 15) is 22.8 Å². The van der Waals surface area contributed by atoms with E-state index in [1.54, 1.807) is 43.5 Å². The van der Waals surface area contributed by atoms with Crippen molar-refractivity contribution in [1.29, 1.82) is 0 Å². The molecule has 3 rings (SSSR count). The zero-order valence-electron chi connectivity index (χ0n) is 16.7. The Bertz CT molecular complexity index is 917. The fourth-order valence-electron chi connectivity index (χ4n) is 3.39. The number of hydrogen-bond acceptors (Lipinski definition) is 5. The number of halogens is 3. The van der Waals surface area contributed by atoms with Gasteiger partial charge in [-0.3, -0.25) is 14.6 Å². The van der Waals surface area contributed by atoms with E-state index >= 15 is 0 Å². The molecule has 2 aromatic rings. The lowest BCUT2D eigenvalue weighted by atomic mass is 10.1. The molecule has 30 heavy (non-hydrogen) atoms. The van der Waals surface area contributed by atoms with Gasteiger partial charge in [0.2, 0.25) is 11.7 Å². The third-order valence-electron chi connectivity index (χ3n) is 5.01. The standard InChI is InChI=1S/C21H23F3N4O2/c1-15-16(5-3-10-25-15)20(30)17-6-2-7-18(26-17)27-11-4-12-28(14-13-27)19(29)8-9-21(22,23)24/h2-3,5-7,10H,4,8-9,11-14H2,1H3. The van der Waals surface area contributed by atoms with Crippen molar-refractivity contribution in [3.63, 3.8) is 0 Å². The van der Waals surface area contributed by atoms with Crippen molar-refractivity contribution in [2.75, 3.05) is 31.1 Å². The van der Waals surface area contributed by atoms with Crippen LogP contribution in [0.2, 0.25) is 0 Å². The maximum absolute atomic E-state index is 12.8.